The second-order valence-electron chi connectivity index (χ2n) is 5.39. The maximum atomic E-state index is 11.3. The number of hydrogen-bond donors (Lipinski definition) is 0. The van der Waals surface area contributed by atoms with Gasteiger partial charge in [-0.2, -0.15) is 0 Å². The van der Waals surface area contributed by atoms with Gasteiger partial charge < -0.3 is 9.47 Å². The number of nitrogens with zero attached hydrogens (tertiary/aromatic N) is 1. The van der Waals surface area contributed by atoms with Crippen LogP contribution in [-0.4, -0.2) is 29.6 Å². The Hall–Kier alpha value is -2.88. The van der Waals surface area contributed by atoms with Crippen LogP contribution in [0.4, 0.5) is 5.69 Å². The molecular formula is C18H21NO6. The van der Waals surface area contributed by atoms with Crippen LogP contribution in [0.2, 0.25) is 0 Å². The summed E-state index contributed by atoms with van der Waals surface area (Å²) in [5.74, 6) is 4.75. The first kappa shape index (κ1) is 20.2. The zero-order valence-corrected chi connectivity index (χ0v) is 14.5. The predicted octanol–water partition coefficient (Wildman–Crippen LogP) is 2.78. The molecule has 1 unspecified atom stereocenters. The second kappa shape index (κ2) is 10.1. The van der Waals surface area contributed by atoms with Gasteiger partial charge in [-0.25, -0.2) is 0 Å². The second-order valence-corrected chi connectivity index (χ2v) is 5.39. The molecule has 0 aromatic heterocycles. The average molecular weight is 347 g/mol. The number of hydrogen-bond acceptors (Lipinski definition) is 6. The molecule has 0 spiro atoms. The molecule has 0 aliphatic rings. The highest BCUT2D eigenvalue weighted by molar-refractivity contribution is 5.67. The third-order valence-electron chi connectivity index (χ3n) is 3.14. The maximum absolute atomic E-state index is 11.3. The Morgan fingerprint density at radius 2 is 2.00 bits per heavy atom. The molecular weight excluding hydrogens is 326 g/mol. The Kier molecular flexibility index (Phi) is 8.13. The number of rotatable bonds is 7. The standard InChI is InChI=1S/C18H21NO6/c1-4-5-6-7-15-8-9-16(18(10-15)19(22)23)11-17(25-14(3)21)12-24-13(2)20/h8-10,17H,4-5,11-12H2,1-3H3. The summed E-state index contributed by atoms with van der Waals surface area (Å²) in [5, 5.41) is 11.3. The van der Waals surface area contributed by atoms with Crippen molar-refractivity contribution >= 4 is 17.6 Å². The smallest absolute Gasteiger partial charge is 0.303 e. The molecule has 0 saturated carbocycles. The van der Waals surface area contributed by atoms with Crippen LogP contribution in [0.25, 0.3) is 0 Å². The van der Waals surface area contributed by atoms with Gasteiger partial charge in [-0.3, -0.25) is 19.7 Å². The van der Waals surface area contributed by atoms with Crippen molar-refractivity contribution in [2.45, 2.75) is 46.1 Å². The molecule has 7 nitrogen and oxygen atoms in total. The molecule has 0 radical (unpaired) electrons. The minimum Gasteiger partial charge on any atom is -0.462 e. The van der Waals surface area contributed by atoms with Crippen molar-refractivity contribution in [2.75, 3.05) is 6.61 Å². The van der Waals surface area contributed by atoms with Gasteiger partial charge in [0.05, 0.1) is 4.92 Å². The van der Waals surface area contributed by atoms with Crippen molar-refractivity contribution in [3.8, 4) is 11.8 Å². The average Bonchev–Trinajstić information content (AvgIpc) is 2.53. The minimum absolute atomic E-state index is 0.0614. The largest absolute Gasteiger partial charge is 0.462 e. The fourth-order valence-corrected chi connectivity index (χ4v) is 2.10. The fourth-order valence-electron chi connectivity index (χ4n) is 2.10. The van der Waals surface area contributed by atoms with Crippen LogP contribution in [0, 0.1) is 22.0 Å². The highest BCUT2D eigenvalue weighted by Gasteiger charge is 2.21. The Morgan fingerprint density at radius 1 is 1.28 bits per heavy atom. The molecule has 7 heteroatoms. The fraction of sp³-hybridized carbons (Fsp3) is 0.444. The third-order valence-corrected chi connectivity index (χ3v) is 3.14. The summed E-state index contributed by atoms with van der Waals surface area (Å²) in [5.41, 5.74) is 0.820. The normalized spacial score (nSPS) is 11.0. The van der Waals surface area contributed by atoms with Crippen LogP contribution < -0.4 is 0 Å². The van der Waals surface area contributed by atoms with Crippen molar-refractivity contribution in [1.29, 1.82) is 0 Å². The van der Waals surface area contributed by atoms with Gasteiger partial charge in [0.15, 0.2) is 0 Å². The SMILES string of the molecule is CCCC#Cc1ccc(CC(COC(C)=O)OC(C)=O)c([N+](=O)[O-])c1. The van der Waals surface area contributed by atoms with E-state index in [1.807, 2.05) is 6.92 Å². The molecule has 0 heterocycles. The highest BCUT2D eigenvalue weighted by atomic mass is 16.6. The summed E-state index contributed by atoms with van der Waals surface area (Å²) >= 11 is 0. The molecule has 1 aromatic rings. The Balaban J connectivity index is 3.03. The van der Waals surface area contributed by atoms with Gasteiger partial charge in [0, 0.05) is 43.9 Å². The molecule has 1 atom stereocenters. The van der Waals surface area contributed by atoms with Gasteiger partial charge in [-0.15, -0.1) is 0 Å². The van der Waals surface area contributed by atoms with Crippen molar-refractivity contribution in [1.82, 2.24) is 0 Å². The first-order chi connectivity index (χ1) is 11.8. The summed E-state index contributed by atoms with van der Waals surface area (Å²) in [6.07, 6.45) is 0.892. The van der Waals surface area contributed by atoms with E-state index in [1.54, 1.807) is 12.1 Å². The van der Waals surface area contributed by atoms with E-state index in [1.165, 1.54) is 19.9 Å². The molecule has 0 aliphatic heterocycles. The van der Waals surface area contributed by atoms with Gasteiger partial charge in [-0.05, 0) is 12.5 Å². The van der Waals surface area contributed by atoms with E-state index in [0.717, 1.165) is 6.42 Å². The van der Waals surface area contributed by atoms with Crippen molar-refractivity contribution < 1.29 is 24.0 Å². The summed E-state index contributed by atoms with van der Waals surface area (Å²) < 4.78 is 9.94. The molecule has 0 N–H and O–H groups in total. The van der Waals surface area contributed by atoms with Crippen LogP contribution in [0.3, 0.4) is 0 Å². The Labute approximate surface area is 146 Å². The molecule has 0 aliphatic carbocycles. The quantitative estimate of drug-likeness (QED) is 0.326. The van der Waals surface area contributed by atoms with Gasteiger partial charge in [-0.1, -0.05) is 24.8 Å². The number of carbonyl (C=O) groups is 2. The zero-order valence-electron chi connectivity index (χ0n) is 14.5. The predicted molar refractivity (Wildman–Crippen MR) is 90.8 cm³/mol. The van der Waals surface area contributed by atoms with Crippen LogP contribution >= 0.6 is 0 Å². The van der Waals surface area contributed by atoms with Gasteiger partial charge in [0.25, 0.3) is 5.69 Å². The minimum atomic E-state index is -0.794. The summed E-state index contributed by atoms with van der Waals surface area (Å²) in [7, 11) is 0. The van der Waals surface area contributed by atoms with Crippen LogP contribution in [0.5, 0.6) is 0 Å². The van der Waals surface area contributed by atoms with E-state index in [9.17, 15) is 19.7 Å². The number of ether oxygens (including phenoxy) is 2. The van der Waals surface area contributed by atoms with E-state index < -0.39 is 23.0 Å². The van der Waals surface area contributed by atoms with Gasteiger partial charge in [0.1, 0.15) is 12.7 Å². The lowest BCUT2D eigenvalue weighted by Crippen LogP contribution is -2.26. The monoisotopic (exact) mass is 347 g/mol. The number of esters is 2. The number of carbonyl (C=O) groups excluding carboxylic acids is 2. The molecule has 1 rings (SSSR count). The lowest BCUT2D eigenvalue weighted by Gasteiger charge is -2.16. The molecule has 134 valence electrons. The number of unbranched alkanes of at least 4 members (excludes halogenated alkanes) is 1. The van der Waals surface area contributed by atoms with Gasteiger partial charge >= 0.3 is 11.9 Å². The van der Waals surface area contributed by atoms with E-state index in [4.69, 9.17) is 9.47 Å². The molecule has 0 saturated heterocycles. The lowest BCUT2D eigenvalue weighted by atomic mass is 10.0. The van der Waals surface area contributed by atoms with Crippen molar-refractivity contribution in [3.63, 3.8) is 0 Å². The number of nitro groups is 1. The summed E-state index contributed by atoms with van der Waals surface area (Å²) in [6.45, 7) is 4.29. The van der Waals surface area contributed by atoms with E-state index in [2.05, 4.69) is 11.8 Å². The summed E-state index contributed by atoms with van der Waals surface area (Å²) in [6, 6.07) is 4.66. The Morgan fingerprint density at radius 3 is 2.56 bits per heavy atom. The zero-order chi connectivity index (χ0) is 18.8. The molecule has 0 bridgehead atoms. The molecule has 25 heavy (non-hydrogen) atoms. The number of nitro benzene ring substituents is 1. The van der Waals surface area contributed by atoms with E-state index in [0.29, 0.717) is 17.5 Å². The number of benzene rings is 1. The first-order valence-corrected chi connectivity index (χ1v) is 7.90. The van der Waals surface area contributed by atoms with Gasteiger partial charge in [0.2, 0.25) is 0 Å². The van der Waals surface area contributed by atoms with Crippen molar-refractivity contribution in [2.24, 2.45) is 0 Å². The molecule has 1 aromatic carbocycles. The lowest BCUT2D eigenvalue weighted by molar-refractivity contribution is -0.385. The Bertz CT molecular complexity index is 701. The molecule has 0 amide bonds. The van der Waals surface area contributed by atoms with E-state index >= 15 is 0 Å². The van der Waals surface area contributed by atoms with Crippen LogP contribution in [-0.2, 0) is 25.5 Å². The van der Waals surface area contributed by atoms with Crippen LogP contribution in [0.15, 0.2) is 18.2 Å². The first-order valence-electron chi connectivity index (χ1n) is 7.90. The van der Waals surface area contributed by atoms with Crippen molar-refractivity contribution in [3.05, 3.63) is 39.4 Å². The highest BCUT2D eigenvalue weighted by Crippen LogP contribution is 2.22. The van der Waals surface area contributed by atoms with Crippen LogP contribution in [0.1, 0.15) is 44.7 Å². The summed E-state index contributed by atoms with van der Waals surface area (Å²) in [4.78, 5) is 33.0. The third kappa shape index (κ3) is 7.48. The topological polar surface area (TPSA) is 95.7 Å². The maximum Gasteiger partial charge on any atom is 0.303 e. The molecule has 0 fully saturated rings. The van der Waals surface area contributed by atoms with E-state index in [-0.39, 0.29) is 18.7 Å².